The molecule has 0 spiro atoms. The summed E-state index contributed by atoms with van der Waals surface area (Å²) in [6.07, 6.45) is 0. The van der Waals surface area contributed by atoms with Crippen molar-refractivity contribution in [1.29, 1.82) is 0 Å². The Balaban J connectivity index is 2.33. The molecule has 0 saturated heterocycles. The third-order valence-corrected chi connectivity index (χ3v) is 3.43. The molecule has 102 valence electrons. The van der Waals surface area contributed by atoms with Crippen molar-refractivity contribution in [3.63, 3.8) is 0 Å². The molecular formula is C13H15BrFN3O. The van der Waals surface area contributed by atoms with E-state index in [4.69, 9.17) is 10.3 Å². The van der Waals surface area contributed by atoms with Crippen LogP contribution in [0.2, 0.25) is 0 Å². The maximum absolute atomic E-state index is 13.2. The summed E-state index contributed by atoms with van der Waals surface area (Å²) < 4.78 is 18.7. The van der Waals surface area contributed by atoms with E-state index in [-0.39, 0.29) is 17.3 Å². The average Bonchev–Trinajstić information content (AvgIpc) is 2.79. The molecule has 19 heavy (non-hydrogen) atoms. The van der Waals surface area contributed by atoms with Gasteiger partial charge in [0.1, 0.15) is 5.82 Å². The Hall–Kier alpha value is -1.27. The fraction of sp³-hybridized carbons (Fsp3) is 0.385. The summed E-state index contributed by atoms with van der Waals surface area (Å²) in [5.74, 6) is 0.442. The van der Waals surface area contributed by atoms with E-state index in [0.717, 1.165) is 0 Å². The zero-order chi connectivity index (χ0) is 14.2. The van der Waals surface area contributed by atoms with Crippen molar-refractivity contribution in [2.75, 3.05) is 0 Å². The van der Waals surface area contributed by atoms with Crippen molar-refractivity contribution < 1.29 is 8.91 Å². The van der Waals surface area contributed by atoms with Crippen molar-refractivity contribution >= 4 is 15.9 Å². The van der Waals surface area contributed by atoms with Gasteiger partial charge in [-0.3, -0.25) is 0 Å². The lowest BCUT2D eigenvalue weighted by Crippen LogP contribution is -2.26. The molecule has 2 aromatic rings. The summed E-state index contributed by atoms with van der Waals surface area (Å²) >= 11 is 3.12. The summed E-state index contributed by atoms with van der Waals surface area (Å²) in [6.45, 7) is 5.99. The highest BCUT2D eigenvalue weighted by Gasteiger charge is 2.27. The average molecular weight is 328 g/mol. The Labute approximate surface area is 119 Å². The van der Waals surface area contributed by atoms with Gasteiger partial charge in [0.05, 0.1) is 10.5 Å². The highest BCUT2D eigenvalue weighted by atomic mass is 79.9. The van der Waals surface area contributed by atoms with Crippen LogP contribution in [0.5, 0.6) is 0 Å². The molecule has 0 unspecified atom stereocenters. The largest absolute Gasteiger partial charge is 0.337 e. The first-order chi connectivity index (χ1) is 8.79. The van der Waals surface area contributed by atoms with Crippen LogP contribution in [0.15, 0.2) is 27.2 Å². The lowest BCUT2D eigenvalue weighted by Gasteiger charge is -2.23. The number of halogens is 2. The number of nitrogens with zero attached hydrogens (tertiary/aromatic N) is 2. The van der Waals surface area contributed by atoms with E-state index < -0.39 is 0 Å². The van der Waals surface area contributed by atoms with E-state index in [0.29, 0.717) is 21.8 Å². The number of benzene rings is 1. The fourth-order valence-electron chi connectivity index (χ4n) is 1.48. The van der Waals surface area contributed by atoms with Crippen molar-refractivity contribution in [1.82, 2.24) is 10.1 Å². The molecule has 2 N–H and O–H groups in total. The van der Waals surface area contributed by atoms with E-state index in [1.54, 1.807) is 12.1 Å². The van der Waals surface area contributed by atoms with Crippen LogP contribution in [0.3, 0.4) is 0 Å². The zero-order valence-electron chi connectivity index (χ0n) is 10.9. The van der Waals surface area contributed by atoms with Crippen molar-refractivity contribution in [2.24, 2.45) is 11.1 Å². The normalized spacial score (nSPS) is 13.6. The first-order valence-electron chi connectivity index (χ1n) is 5.83. The molecule has 4 nitrogen and oxygen atoms in total. The molecule has 6 heteroatoms. The Kier molecular flexibility index (Phi) is 3.73. The number of aromatic nitrogens is 2. The monoisotopic (exact) mass is 327 g/mol. The van der Waals surface area contributed by atoms with Crippen LogP contribution in [0, 0.1) is 11.2 Å². The second kappa shape index (κ2) is 5.02. The minimum absolute atomic E-state index is 0.173. The molecule has 0 radical (unpaired) electrons. The van der Waals surface area contributed by atoms with Crippen molar-refractivity contribution in [3.05, 3.63) is 34.4 Å². The molecule has 0 aliphatic heterocycles. The minimum atomic E-state index is -0.349. The highest BCUT2D eigenvalue weighted by Crippen LogP contribution is 2.31. The van der Waals surface area contributed by atoms with Crippen LogP contribution in [0.4, 0.5) is 4.39 Å². The van der Waals surface area contributed by atoms with Gasteiger partial charge in [0.15, 0.2) is 0 Å². The molecule has 1 heterocycles. The van der Waals surface area contributed by atoms with E-state index in [1.165, 1.54) is 6.07 Å². The van der Waals surface area contributed by atoms with Crippen molar-refractivity contribution in [2.45, 2.75) is 26.8 Å². The molecule has 1 atom stereocenters. The van der Waals surface area contributed by atoms with Crippen LogP contribution < -0.4 is 5.73 Å². The first-order valence-corrected chi connectivity index (χ1v) is 6.63. The predicted octanol–water partition coefficient (Wildman–Crippen LogP) is 3.68. The van der Waals surface area contributed by atoms with Gasteiger partial charge in [0.25, 0.3) is 0 Å². The summed E-state index contributed by atoms with van der Waals surface area (Å²) in [4.78, 5) is 4.27. The molecule has 0 fully saturated rings. The third kappa shape index (κ3) is 3.01. The number of nitrogens with two attached hydrogens (primary N) is 1. The smallest absolute Gasteiger partial charge is 0.244 e. The maximum atomic E-state index is 13.2. The Bertz CT molecular complexity index is 592. The van der Waals surface area contributed by atoms with Crippen LogP contribution in [-0.2, 0) is 0 Å². The van der Waals surface area contributed by atoms with E-state index in [9.17, 15) is 4.39 Å². The number of hydrogen-bond acceptors (Lipinski definition) is 4. The van der Waals surface area contributed by atoms with Gasteiger partial charge in [-0.05, 0) is 39.5 Å². The minimum Gasteiger partial charge on any atom is -0.337 e. The first kappa shape index (κ1) is 14.1. The SMILES string of the molecule is CC(C)(C)[C@@H](N)c1nc(-c2ccc(F)c(Br)c2)no1. The summed E-state index contributed by atoms with van der Waals surface area (Å²) in [6, 6.07) is 4.20. The molecule has 0 bridgehead atoms. The molecule has 0 amide bonds. The molecule has 2 rings (SSSR count). The Morgan fingerprint density at radius 3 is 2.63 bits per heavy atom. The number of hydrogen-bond donors (Lipinski definition) is 1. The second-order valence-corrected chi connectivity index (χ2v) is 6.28. The van der Waals surface area contributed by atoms with Gasteiger partial charge >= 0.3 is 0 Å². The molecule has 0 aliphatic rings. The maximum Gasteiger partial charge on any atom is 0.244 e. The lowest BCUT2D eigenvalue weighted by molar-refractivity contribution is 0.253. The summed E-state index contributed by atoms with van der Waals surface area (Å²) in [5.41, 5.74) is 6.55. The topological polar surface area (TPSA) is 64.9 Å². The fourth-order valence-corrected chi connectivity index (χ4v) is 1.86. The van der Waals surface area contributed by atoms with Gasteiger partial charge in [0, 0.05) is 5.56 Å². The van der Waals surface area contributed by atoms with Gasteiger partial charge in [-0.2, -0.15) is 4.98 Å². The quantitative estimate of drug-likeness (QED) is 0.913. The molecular weight excluding hydrogens is 313 g/mol. The number of rotatable bonds is 2. The van der Waals surface area contributed by atoms with Gasteiger partial charge in [-0.15, -0.1) is 0 Å². The van der Waals surface area contributed by atoms with Gasteiger partial charge in [0.2, 0.25) is 11.7 Å². The van der Waals surface area contributed by atoms with Crippen molar-refractivity contribution in [3.8, 4) is 11.4 Å². The van der Waals surface area contributed by atoms with Crippen LogP contribution in [0.1, 0.15) is 32.7 Å². The molecule has 0 aliphatic carbocycles. The summed E-state index contributed by atoms with van der Waals surface area (Å²) in [5, 5.41) is 3.88. The predicted molar refractivity (Wildman–Crippen MR) is 73.8 cm³/mol. The van der Waals surface area contributed by atoms with E-state index in [2.05, 4.69) is 26.1 Å². The molecule has 0 saturated carbocycles. The van der Waals surface area contributed by atoms with Crippen LogP contribution in [-0.4, -0.2) is 10.1 Å². The standard InChI is InChI=1S/C13H15BrFN3O/c1-13(2,3)10(16)12-17-11(18-19-12)7-4-5-9(15)8(14)6-7/h4-6,10H,16H2,1-3H3/t10-/m0/s1. The highest BCUT2D eigenvalue weighted by molar-refractivity contribution is 9.10. The van der Waals surface area contributed by atoms with Gasteiger partial charge < -0.3 is 10.3 Å². The Morgan fingerprint density at radius 1 is 1.37 bits per heavy atom. The van der Waals surface area contributed by atoms with E-state index >= 15 is 0 Å². The molecule has 1 aromatic heterocycles. The molecule has 1 aromatic carbocycles. The lowest BCUT2D eigenvalue weighted by atomic mass is 9.87. The third-order valence-electron chi connectivity index (χ3n) is 2.82. The Morgan fingerprint density at radius 2 is 2.05 bits per heavy atom. The van der Waals surface area contributed by atoms with Gasteiger partial charge in [-0.25, -0.2) is 4.39 Å². The van der Waals surface area contributed by atoms with Crippen LogP contribution >= 0.6 is 15.9 Å². The van der Waals surface area contributed by atoms with E-state index in [1.807, 2.05) is 20.8 Å². The van der Waals surface area contributed by atoms with Gasteiger partial charge in [-0.1, -0.05) is 25.9 Å². The van der Waals surface area contributed by atoms with Crippen LogP contribution in [0.25, 0.3) is 11.4 Å². The second-order valence-electron chi connectivity index (χ2n) is 5.43. The zero-order valence-corrected chi connectivity index (χ0v) is 12.5. The summed E-state index contributed by atoms with van der Waals surface area (Å²) in [7, 11) is 0.